The third-order valence-corrected chi connectivity index (χ3v) is 5.88. The Morgan fingerprint density at radius 2 is 1.64 bits per heavy atom. The molecule has 25 heavy (non-hydrogen) atoms. The number of methoxy groups -OCH3 is 2. The van der Waals surface area contributed by atoms with Crippen LogP contribution in [0.2, 0.25) is 0 Å². The molecule has 0 atom stereocenters. The van der Waals surface area contributed by atoms with Gasteiger partial charge in [-0.2, -0.15) is 0 Å². The van der Waals surface area contributed by atoms with Crippen LogP contribution in [0.4, 0.5) is 0 Å². The number of hydrogen-bond donors (Lipinski definition) is 0. The number of allylic oxidation sites excluding steroid dienone is 1. The first-order valence-electron chi connectivity index (χ1n) is 7.75. The van der Waals surface area contributed by atoms with E-state index in [1.807, 2.05) is 0 Å². The maximum atomic E-state index is 12.8. The number of ether oxygens (including phenoxy) is 2. The summed E-state index contributed by atoms with van der Waals surface area (Å²) in [6.07, 6.45) is 1.86. The van der Waals surface area contributed by atoms with E-state index in [-0.39, 0.29) is 28.4 Å². The van der Waals surface area contributed by atoms with Crippen molar-refractivity contribution in [2.75, 3.05) is 20.0 Å². The number of fused-ring (bicyclic) bond motifs is 1. The zero-order valence-corrected chi connectivity index (χ0v) is 14.8. The summed E-state index contributed by atoms with van der Waals surface area (Å²) in [6, 6.07) is 11.6. The second kappa shape index (κ2) is 6.72. The Kier molecular flexibility index (Phi) is 4.63. The Balaban J connectivity index is 2.10. The summed E-state index contributed by atoms with van der Waals surface area (Å²) in [5.74, 6) is 0.835. The van der Waals surface area contributed by atoms with Crippen LogP contribution < -0.4 is 9.47 Å². The number of ketones is 1. The van der Waals surface area contributed by atoms with Crippen molar-refractivity contribution in [3.05, 3.63) is 59.2 Å². The Bertz CT molecular complexity index is 935. The molecule has 0 bridgehead atoms. The SMILES string of the molecule is COc1cc(/C=C2/CCS(=O)(=O)c3ccccc3C2=O)cc(OC)c1. The highest BCUT2D eigenvalue weighted by molar-refractivity contribution is 7.91. The van der Waals surface area contributed by atoms with Crippen LogP contribution in [0.1, 0.15) is 22.3 Å². The van der Waals surface area contributed by atoms with Crippen molar-refractivity contribution in [1.29, 1.82) is 0 Å². The Morgan fingerprint density at radius 1 is 1.00 bits per heavy atom. The molecule has 3 rings (SSSR count). The van der Waals surface area contributed by atoms with Crippen LogP contribution in [0.15, 0.2) is 52.9 Å². The van der Waals surface area contributed by atoms with E-state index >= 15 is 0 Å². The average Bonchev–Trinajstić information content (AvgIpc) is 2.72. The fraction of sp³-hybridized carbons (Fsp3) is 0.211. The van der Waals surface area contributed by atoms with E-state index < -0.39 is 9.84 Å². The average molecular weight is 358 g/mol. The van der Waals surface area contributed by atoms with Crippen LogP contribution in [0.3, 0.4) is 0 Å². The van der Waals surface area contributed by atoms with Crippen LogP contribution >= 0.6 is 0 Å². The summed E-state index contributed by atoms with van der Waals surface area (Å²) in [6.45, 7) is 0. The molecule has 2 aromatic rings. The summed E-state index contributed by atoms with van der Waals surface area (Å²) in [4.78, 5) is 12.9. The van der Waals surface area contributed by atoms with Gasteiger partial charge in [-0.05, 0) is 42.3 Å². The van der Waals surface area contributed by atoms with Crippen molar-refractivity contribution in [3.63, 3.8) is 0 Å². The molecule has 0 aromatic heterocycles. The number of rotatable bonds is 3. The van der Waals surface area contributed by atoms with Crippen molar-refractivity contribution < 1.29 is 22.7 Å². The molecule has 0 radical (unpaired) electrons. The maximum absolute atomic E-state index is 12.8. The molecule has 0 N–H and O–H groups in total. The van der Waals surface area contributed by atoms with E-state index in [2.05, 4.69) is 0 Å². The molecule has 0 saturated heterocycles. The number of hydrogen-bond acceptors (Lipinski definition) is 5. The van der Waals surface area contributed by atoms with E-state index in [9.17, 15) is 13.2 Å². The lowest BCUT2D eigenvalue weighted by atomic mass is 9.99. The van der Waals surface area contributed by atoms with Crippen LogP contribution in [0.25, 0.3) is 6.08 Å². The summed E-state index contributed by atoms with van der Waals surface area (Å²) >= 11 is 0. The minimum absolute atomic E-state index is 0.0946. The lowest BCUT2D eigenvalue weighted by Gasteiger charge is -2.08. The molecule has 1 heterocycles. The Labute approximate surface area is 146 Å². The molecule has 1 aliphatic heterocycles. The molecule has 6 heteroatoms. The second-order valence-corrected chi connectivity index (χ2v) is 7.79. The van der Waals surface area contributed by atoms with Crippen molar-refractivity contribution >= 4 is 21.7 Å². The van der Waals surface area contributed by atoms with Crippen molar-refractivity contribution in [1.82, 2.24) is 0 Å². The number of carbonyl (C=O) groups excluding carboxylic acids is 1. The van der Waals surface area contributed by atoms with Gasteiger partial charge in [-0.1, -0.05) is 12.1 Å². The summed E-state index contributed by atoms with van der Waals surface area (Å²) in [5, 5.41) is 0. The minimum Gasteiger partial charge on any atom is -0.497 e. The van der Waals surface area contributed by atoms with Gasteiger partial charge in [-0.25, -0.2) is 8.42 Å². The molecule has 0 aliphatic carbocycles. The second-order valence-electron chi connectivity index (χ2n) is 5.71. The zero-order chi connectivity index (χ0) is 18.0. The van der Waals surface area contributed by atoms with Gasteiger partial charge in [0.2, 0.25) is 0 Å². The first-order valence-corrected chi connectivity index (χ1v) is 9.40. The van der Waals surface area contributed by atoms with Gasteiger partial charge in [-0.3, -0.25) is 4.79 Å². The number of benzene rings is 2. The van der Waals surface area contributed by atoms with E-state index in [1.165, 1.54) is 6.07 Å². The van der Waals surface area contributed by atoms with Gasteiger partial charge in [0.15, 0.2) is 15.6 Å². The van der Waals surface area contributed by atoms with Gasteiger partial charge in [-0.15, -0.1) is 0 Å². The van der Waals surface area contributed by atoms with Gasteiger partial charge in [0.05, 0.1) is 24.9 Å². The Hall–Kier alpha value is -2.60. The van der Waals surface area contributed by atoms with E-state index in [1.54, 1.807) is 56.7 Å². The smallest absolute Gasteiger partial charge is 0.190 e. The molecular formula is C19H18O5S. The number of sulfone groups is 1. The van der Waals surface area contributed by atoms with Gasteiger partial charge >= 0.3 is 0 Å². The third-order valence-electron chi connectivity index (χ3n) is 4.11. The predicted molar refractivity (Wildman–Crippen MR) is 95.0 cm³/mol. The first kappa shape index (κ1) is 17.2. The maximum Gasteiger partial charge on any atom is 0.190 e. The van der Waals surface area contributed by atoms with Gasteiger partial charge in [0.25, 0.3) is 0 Å². The van der Waals surface area contributed by atoms with E-state index in [4.69, 9.17) is 9.47 Å². The molecule has 0 fully saturated rings. The van der Waals surface area contributed by atoms with E-state index in [0.717, 1.165) is 5.56 Å². The highest BCUT2D eigenvalue weighted by Crippen LogP contribution is 2.30. The topological polar surface area (TPSA) is 69.7 Å². The third kappa shape index (κ3) is 3.44. The number of carbonyl (C=O) groups is 1. The molecule has 0 amide bonds. The van der Waals surface area contributed by atoms with Crippen LogP contribution in [-0.2, 0) is 9.84 Å². The quantitative estimate of drug-likeness (QED) is 0.789. The monoisotopic (exact) mass is 358 g/mol. The van der Waals surface area contributed by atoms with Crippen LogP contribution in [-0.4, -0.2) is 34.2 Å². The number of Topliss-reactive ketones (excluding diaryl/α,β-unsaturated/α-hetero) is 1. The molecule has 2 aromatic carbocycles. The van der Waals surface area contributed by atoms with E-state index in [0.29, 0.717) is 17.1 Å². The Morgan fingerprint density at radius 3 is 2.28 bits per heavy atom. The molecular weight excluding hydrogens is 340 g/mol. The van der Waals surface area contributed by atoms with Crippen LogP contribution in [0.5, 0.6) is 11.5 Å². The fourth-order valence-corrected chi connectivity index (χ4v) is 4.31. The van der Waals surface area contributed by atoms with Gasteiger partial charge in [0, 0.05) is 17.2 Å². The molecule has 0 unspecified atom stereocenters. The zero-order valence-electron chi connectivity index (χ0n) is 14.0. The summed E-state index contributed by atoms with van der Waals surface area (Å²) in [5.41, 5.74) is 1.39. The first-order chi connectivity index (χ1) is 11.9. The predicted octanol–water partition coefficient (Wildman–Crippen LogP) is 3.15. The highest BCUT2D eigenvalue weighted by Gasteiger charge is 2.28. The highest BCUT2D eigenvalue weighted by atomic mass is 32.2. The standard InChI is InChI=1S/C19H18O5S/c1-23-15-10-13(11-16(12-15)24-2)9-14-7-8-25(21,22)18-6-4-3-5-17(18)19(14)20/h3-6,9-12H,7-8H2,1-2H3/b14-9-. The summed E-state index contributed by atoms with van der Waals surface area (Å²) in [7, 11) is -0.379. The largest absolute Gasteiger partial charge is 0.497 e. The molecule has 130 valence electrons. The van der Waals surface area contributed by atoms with Gasteiger partial charge < -0.3 is 9.47 Å². The fourth-order valence-electron chi connectivity index (χ4n) is 2.82. The summed E-state index contributed by atoms with van der Waals surface area (Å²) < 4.78 is 35.3. The van der Waals surface area contributed by atoms with Crippen molar-refractivity contribution in [3.8, 4) is 11.5 Å². The molecule has 5 nitrogen and oxygen atoms in total. The molecule has 0 saturated carbocycles. The molecule has 0 spiro atoms. The minimum atomic E-state index is -3.47. The van der Waals surface area contributed by atoms with Crippen LogP contribution in [0, 0.1) is 0 Å². The van der Waals surface area contributed by atoms with Gasteiger partial charge in [0.1, 0.15) is 11.5 Å². The van der Waals surface area contributed by atoms with Crippen molar-refractivity contribution in [2.45, 2.75) is 11.3 Å². The molecule has 1 aliphatic rings. The lowest BCUT2D eigenvalue weighted by Crippen LogP contribution is -2.06. The van der Waals surface area contributed by atoms with Crippen molar-refractivity contribution in [2.24, 2.45) is 0 Å². The lowest BCUT2D eigenvalue weighted by molar-refractivity contribution is 0.103. The normalized spacial score (nSPS) is 17.7.